The molecule has 0 bridgehead atoms. The zero-order valence-corrected chi connectivity index (χ0v) is 12.0. The molecule has 0 radical (unpaired) electrons. The monoisotopic (exact) mass is 303 g/mol. The third kappa shape index (κ3) is 2.80. The van der Waals surface area contributed by atoms with Gasteiger partial charge < -0.3 is 11.1 Å². The van der Waals surface area contributed by atoms with Gasteiger partial charge >= 0.3 is 6.03 Å². The van der Waals surface area contributed by atoms with E-state index < -0.39 is 5.82 Å². The number of thioether (sulfide) groups is 1. The lowest BCUT2D eigenvalue weighted by molar-refractivity contribution is 0.257. The van der Waals surface area contributed by atoms with Gasteiger partial charge in [-0.3, -0.25) is 4.90 Å². The fourth-order valence-corrected chi connectivity index (χ4v) is 3.17. The fraction of sp³-hybridized carbons (Fsp3) is 0.133. The number of benzene rings is 2. The number of halogens is 1. The molecule has 108 valence electrons. The topological polar surface area (TPSA) is 58.4 Å². The number of fused-ring (bicyclic) bond motifs is 1. The van der Waals surface area contributed by atoms with Crippen molar-refractivity contribution >= 4 is 34.9 Å². The molecular weight excluding hydrogens is 289 g/mol. The van der Waals surface area contributed by atoms with Crippen molar-refractivity contribution in [2.75, 3.05) is 28.2 Å². The summed E-state index contributed by atoms with van der Waals surface area (Å²) in [5.74, 6) is 0.340. The molecule has 0 fully saturated rings. The van der Waals surface area contributed by atoms with Crippen LogP contribution < -0.4 is 16.0 Å². The summed E-state index contributed by atoms with van der Waals surface area (Å²) in [6.45, 7) is 0.557. The molecule has 0 unspecified atom stereocenters. The number of urea groups is 1. The number of nitrogens with two attached hydrogens (primary N) is 1. The van der Waals surface area contributed by atoms with Gasteiger partial charge in [-0.15, -0.1) is 11.8 Å². The van der Waals surface area contributed by atoms with Crippen molar-refractivity contribution in [1.82, 2.24) is 0 Å². The van der Waals surface area contributed by atoms with Crippen molar-refractivity contribution in [2.45, 2.75) is 4.90 Å². The first-order valence-electron chi connectivity index (χ1n) is 6.50. The Kier molecular flexibility index (Phi) is 3.70. The van der Waals surface area contributed by atoms with Gasteiger partial charge in [-0.05, 0) is 30.3 Å². The largest absolute Gasteiger partial charge is 0.399 e. The van der Waals surface area contributed by atoms with Crippen LogP contribution in [0.15, 0.2) is 47.4 Å². The van der Waals surface area contributed by atoms with Gasteiger partial charge in [-0.1, -0.05) is 12.1 Å². The standard InChI is InChI=1S/C15H14FN3OS/c16-11-3-1-2-4-12(11)18-15(20)19-7-8-21-14-6-5-10(17)9-13(14)19/h1-6,9H,7-8,17H2,(H,18,20). The van der Waals surface area contributed by atoms with E-state index in [1.807, 2.05) is 12.1 Å². The molecule has 2 amide bonds. The molecule has 4 nitrogen and oxygen atoms in total. The minimum absolute atomic E-state index is 0.172. The molecule has 1 aliphatic rings. The minimum Gasteiger partial charge on any atom is -0.399 e. The van der Waals surface area contributed by atoms with E-state index in [2.05, 4.69) is 5.32 Å². The molecule has 21 heavy (non-hydrogen) atoms. The van der Waals surface area contributed by atoms with E-state index >= 15 is 0 Å². The van der Waals surface area contributed by atoms with Gasteiger partial charge in [-0.25, -0.2) is 9.18 Å². The third-order valence-corrected chi connectivity index (χ3v) is 4.25. The second-order valence-electron chi connectivity index (χ2n) is 4.64. The summed E-state index contributed by atoms with van der Waals surface area (Å²) in [5.41, 5.74) is 7.33. The molecule has 1 heterocycles. The first-order valence-corrected chi connectivity index (χ1v) is 7.49. The minimum atomic E-state index is -0.454. The molecule has 1 aliphatic heterocycles. The lowest BCUT2D eigenvalue weighted by Crippen LogP contribution is -2.38. The van der Waals surface area contributed by atoms with Crippen LogP contribution in [0.1, 0.15) is 0 Å². The van der Waals surface area contributed by atoms with E-state index in [0.717, 1.165) is 16.3 Å². The van der Waals surface area contributed by atoms with Crippen LogP contribution in [0.4, 0.5) is 26.2 Å². The summed E-state index contributed by atoms with van der Waals surface area (Å²) in [5, 5.41) is 2.60. The van der Waals surface area contributed by atoms with Gasteiger partial charge in [0.2, 0.25) is 0 Å². The Morgan fingerprint density at radius 1 is 1.29 bits per heavy atom. The predicted molar refractivity (Wildman–Crippen MR) is 84.3 cm³/mol. The molecule has 0 aromatic heterocycles. The molecule has 6 heteroatoms. The van der Waals surface area contributed by atoms with Crippen LogP contribution >= 0.6 is 11.8 Å². The van der Waals surface area contributed by atoms with E-state index in [9.17, 15) is 9.18 Å². The molecule has 3 rings (SSSR count). The van der Waals surface area contributed by atoms with E-state index in [0.29, 0.717) is 12.2 Å². The number of nitrogen functional groups attached to an aromatic ring is 1. The molecule has 0 spiro atoms. The number of anilines is 3. The van der Waals surface area contributed by atoms with E-state index in [4.69, 9.17) is 5.73 Å². The van der Waals surface area contributed by atoms with Gasteiger partial charge in [-0.2, -0.15) is 0 Å². The van der Waals surface area contributed by atoms with Crippen molar-refractivity contribution in [1.29, 1.82) is 0 Å². The summed E-state index contributed by atoms with van der Waals surface area (Å²) in [7, 11) is 0. The van der Waals surface area contributed by atoms with Crippen LogP contribution in [-0.2, 0) is 0 Å². The highest BCUT2D eigenvalue weighted by Crippen LogP contribution is 2.36. The number of carbonyl (C=O) groups excluding carboxylic acids is 1. The second kappa shape index (κ2) is 5.65. The van der Waals surface area contributed by atoms with Crippen LogP contribution in [-0.4, -0.2) is 18.3 Å². The number of hydrogen-bond acceptors (Lipinski definition) is 3. The molecule has 0 saturated carbocycles. The SMILES string of the molecule is Nc1ccc2c(c1)N(C(=O)Nc1ccccc1F)CCS2. The van der Waals surface area contributed by atoms with Crippen molar-refractivity contribution in [3.63, 3.8) is 0 Å². The maximum Gasteiger partial charge on any atom is 0.326 e. The lowest BCUT2D eigenvalue weighted by atomic mass is 10.2. The maximum atomic E-state index is 13.6. The van der Waals surface area contributed by atoms with Gasteiger partial charge in [0.15, 0.2) is 0 Å². The highest BCUT2D eigenvalue weighted by molar-refractivity contribution is 7.99. The molecule has 2 aromatic carbocycles. The first kappa shape index (κ1) is 13.8. The molecule has 0 saturated heterocycles. The summed E-state index contributed by atoms with van der Waals surface area (Å²) < 4.78 is 13.6. The van der Waals surface area contributed by atoms with Gasteiger partial charge in [0.1, 0.15) is 5.82 Å². The molecule has 0 atom stereocenters. The Labute approximate surface area is 126 Å². The highest BCUT2D eigenvalue weighted by atomic mass is 32.2. The van der Waals surface area contributed by atoms with Crippen molar-refractivity contribution < 1.29 is 9.18 Å². The van der Waals surface area contributed by atoms with E-state index in [1.165, 1.54) is 12.1 Å². The number of rotatable bonds is 1. The Hall–Kier alpha value is -2.21. The number of para-hydroxylation sites is 1. The third-order valence-electron chi connectivity index (χ3n) is 3.21. The maximum absolute atomic E-state index is 13.6. The molecule has 2 aromatic rings. The van der Waals surface area contributed by atoms with Crippen LogP contribution in [0.25, 0.3) is 0 Å². The lowest BCUT2D eigenvalue weighted by Gasteiger charge is -2.29. The summed E-state index contributed by atoms with van der Waals surface area (Å²) >= 11 is 1.68. The van der Waals surface area contributed by atoms with Crippen LogP contribution in [0.2, 0.25) is 0 Å². The second-order valence-corrected chi connectivity index (χ2v) is 5.77. The average molecular weight is 303 g/mol. The Morgan fingerprint density at radius 2 is 2.10 bits per heavy atom. The zero-order valence-electron chi connectivity index (χ0n) is 11.2. The predicted octanol–water partition coefficient (Wildman–Crippen LogP) is 3.55. The van der Waals surface area contributed by atoms with E-state index in [-0.39, 0.29) is 11.7 Å². The summed E-state index contributed by atoms with van der Waals surface area (Å²) in [4.78, 5) is 15.0. The zero-order chi connectivity index (χ0) is 14.8. The number of hydrogen-bond donors (Lipinski definition) is 2. The van der Waals surface area contributed by atoms with Crippen LogP contribution in [0.3, 0.4) is 0 Å². The molecule has 0 aliphatic carbocycles. The van der Waals surface area contributed by atoms with Crippen molar-refractivity contribution in [3.8, 4) is 0 Å². The van der Waals surface area contributed by atoms with Crippen molar-refractivity contribution in [2.24, 2.45) is 0 Å². The summed E-state index contributed by atoms with van der Waals surface area (Å²) in [6, 6.07) is 11.2. The Morgan fingerprint density at radius 3 is 2.90 bits per heavy atom. The summed E-state index contributed by atoms with van der Waals surface area (Å²) in [6.07, 6.45) is 0. The first-order chi connectivity index (χ1) is 10.1. The van der Waals surface area contributed by atoms with Crippen LogP contribution in [0, 0.1) is 5.82 Å². The fourth-order valence-electron chi connectivity index (χ4n) is 2.19. The van der Waals surface area contributed by atoms with Crippen LogP contribution in [0.5, 0.6) is 0 Å². The molecular formula is C15H14FN3OS. The van der Waals surface area contributed by atoms with Gasteiger partial charge in [0, 0.05) is 22.9 Å². The Balaban J connectivity index is 1.87. The number of carbonyl (C=O) groups is 1. The average Bonchev–Trinajstić information content (AvgIpc) is 2.49. The number of nitrogens with zero attached hydrogens (tertiary/aromatic N) is 1. The molecule has 3 N–H and O–H groups in total. The van der Waals surface area contributed by atoms with Gasteiger partial charge in [0.05, 0.1) is 11.4 Å². The van der Waals surface area contributed by atoms with E-state index in [1.54, 1.807) is 34.9 Å². The van der Waals surface area contributed by atoms with Gasteiger partial charge in [0.25, 0.3) is 0 Å². The Bertz CT molecular complexity index is 692. The number of nitrogens with one attached hydrogen (secondary N) is 1. The number of amides is 2. The van der Waals surface area contributed by atoms with Crippen molar-refractivity contribution in [3.05, 3.63) is 48.3 Å². The normalized spacial score (nSPS) is 13.7. The highest BCUT2D eigenvalue weighted by Gasteiger charge is 2.23. The smallest absolute Gasteiger partial charge is 0.326 e. The quantitative estimate of drug-likeness (QED) is 0.792.